The van der Waals surface area contributed by atoms with Gasteiger partial charge < -0.3 is 9.47 Å². The molecule has 0 bridgehead atoms. The normalized spacial score (nSPS) is 11.3. The van der Waals surface area contributed by atoms with Crippen LogP contribution < -0.4 is 0 Å². The van der Waals surface area contributed by atoms with Crippen LogP contribution in [0.4, 0.5) is 0 Å². The van der Waals surface area contributed by atoms with E-state index in [4.69, 9.17) is 44.3 Å². The zero-order valence-electron chi connectivity index (χ0n) is 12.7. The third-order valence-corrected chi connectivity index (χ3v) is 4.55. The van der Waals surface area contributed by atoms with Crippen molar-refractivity contribution in [2.45, 2.75) is 13.3 Å². The van der Waals surface area contributed by atoms with E-state index in [-0.39, 0.29) is 6.73 Å². The van der Waals surface area contributed by atoms with Crippen LogP contribution in [0, 0.1) is 0 Å². The molecule has 0 spiro atoms. The van der Waals surface area contributed by atoms with Crippen LogP contribution in [0.5, 0.6) is 0 Å². The van der Waals surface area contributed by atoms with E-state index in [0.717, 1.165) is 11.1 Å². The molecule has 1 aromatic heterocycles. The van der Waals surface area contributed by atoms with Gasteiger partial charge in [0.1, 0.15) is 12.2 Å². The van der Waals surface area contributed by atoms with E-state index in [9.17, 15) is 0 Å². The largest absolute Gasteiger partial charge is 0.374 e. The Morgan fingerprint density at radius 3 is 2.46 bits per heavy atom. The highest BCUT2D eigenvalue weighted by Crippen LogP contribution is 2.31. The second kappa shape index (κ2) is 8.19. The van der Waals surface area contributed by atoms with Gasteiger partial charge in [0.2, 0.25) is 5.28 Å². The first-order valence-corrected chi connectivity index (χ1v) is 8.49. The predicted octanol–water partition coefficient (Wildman–Crippen LogP) is 5.19. The second-order valence-corrected chi connectivity index (χ2v) is 6.24. The van der Waals surface area contributed by atoms with Crippen molar-refractivity contribution in [3.63, 3.8) is 0 Å². The van der Waals surface area contributed by atoms with Crippen LogP contribution in [0.3, 0.4) is 0 Å². The summed E-state index contributed by atoms with van der Waals surface area (Å²) < 4.78 is 12.9. The fourth-order valence-corrected chi connectivity index (χ4v) is 2.85. The van der Waals surface area contributed by atoms with Gasteiger partial charge in [0.25, 0.3) is 0 Å². The third-order valence-electron chi connectivity index (χ3n) is 3.47. The summed E-state index contributed by atoms with van der Waals surface area (Å²) >= 11 is 18.3. The van der Waals surface area contributed by atoms with Crippen LogP contribution >= 0.6 is 34.8 Å². The van der Waals surface area contributed by atoms with Crippen molar-refractivity contribution in [3.8, 4) is 0 Å². The molecule has 0 aliphatic heterocycles. The molecule has 0 atom stereocenters. The van der Waals surface area contributed by atoms with Gasteiger partial charge in [-0.1, -0.05) is 53.5 Å². The maximum absolute atomic E-state index is 6.15. The molecule has 7 heteroatoms. The summed E-state index contributed by atoms with van der Waals surface area (Å²) in [6.07, 6.45) is 0. The monoisotopic (exact) mass is 384 g/mol. The minimum absolute atomic E-state index is 0.266. The number of aromatic nitrogens is 2. The van der Waals surface area contributed by atoms with E-state index in [1.54, 1.807) is 10.6 Å². The van der Waals surface area contributed by atoms with E-state index in [0.29, 0.717) is 40.7 Å². The number of fused-ring (bicyclic) bond motifs is 1. The van der Waals surface area contributed by atoms with E-state index in [2.05, 4.69) is 4.98 Å². The number of benzene rings is 2. The van der Waals surface area contributed by atoms with Gasteiger partial charge in [-0.05, 0) is 29.3 Å². The Labute approximate surface area is 154 Å². The van der Waals surface area contributed by atoms with Gasteiger partial charge in [0.05, 0.1) is 35.4 Å². The molecule has 24 heavy (non-hydrogen) atoms. The zero-order chi connectivity index (χ0) is 16.9. The summed E-state index contributed by atoms with van der Waals surface area (Å²) in [5, 5.41) is 1.14. The average Bonchev–Trinajstić information content (AvgIpc) is 2.92. The lowest BCUT2D eigenvalue weighted by atomic mass is 10.2. The van der Waals surface area contributed by atoms with Crippen LogP contribution in [-0.4, -0.2) is 22.8 Å². The van der Waals surface area contributed by atoms with E-state index >= 15 is 0 Å². The van der Waals surface area contributed by atoms with Crippen LogP contribution in [0.25, 0.3) is 11.0 Å². The molecule has 0 aliphatic carbocycles. The van der Waals surface area contributed by atoms with Gasteiger partial charge in [0.15, 0.2) is 0 Å². The first-order valence-electron chi connectivity index (χ1n) is 7.36. The van der Waals surface area contributed by atoms with Crippen molar-refractivity contribution in [2.75, 3.05) is 13.2 Å². The van der Waals surface area contributed by atoms with Gasteiger partial charge >= 0.3 is 0 Å². The highest BCUT2D eigenvalue weighted by atomic mass is 35.5. The Balaban J connectivity index is 1.51. The second-order valence-electron chi connectivity index (χ2n) is 5.11. The highest BCUT2D eigenvalue weighted by Gasteiger charge is 2.13. The molecule has 3 rings (SSSR count). The van der Waals surface area contributed by atoms with Crippen molar-refractivity contribution in [1.29, 1.82) is 0 Å². The maximum atomic E-state index is 6.15. The summed E-state index contributed by atoms with van der Waals surface area (Å²) in [4.78, 5) is 4.23. The van der Waals surface area contributed by atoms with Crippen molar-refractivity contribution in [2.24, 2.45) is 0 Å². The van der Waals surface area contributed by atoms with E-state index in [1.807, 2.05) is 36.4 Å². The summed E-state index contributed by atoms with van der Waals surface area (Å²) in [5.74, 6) is 0. The van der Waals surface area contributed by atoms with Crippen LogP contribution in [0.2, 0.25) is 15.3 Å². The lowest BCUT2D eigenvalue weighted by molar-refractivity contribution is 0.0149. The Kier molecular flexibility index (Phi) is 5.98. The molecule has 2 aromatic carbocycles. The zero-order valence-corrected chi connectivity index (χ0v) is 15.0. The molecule has 0 saturated heterocycles. The Hall–Kier alpha value is -1.30. The molecule has 126 valence electrons. The Bertz CT molecular complexity index is 822. The van der Waals surface area contributed by atoms with E-state index in [1.165, 1.54) is 0 Å². The molecule has 0 saturated carbocycles. The molecule has 0 unspecified atom stereocenters. The summed E-state index contributed by atoms with van der Waals surface area (Å²) in [5.41, 5.74) is 2.48. The average molecular weight is 386 g/mol. The smallest absolute Gasteiger partial charge is 0.205 e. The molecule has 0 amide bonds. The lowest BCUT2D eigenvalue weighted by Gasteiger charge is -2.08. The fourth-order valence-electron chi connectivity index (χ4n) is 2.27. The van der Waals surface area contributed by atoms with Gasteiger partial charge in [-0.3, -0.25) is 4.57 Å². The van der Waals surface area contributed by atoms with Gasteiger partial charge in [-0.2, -0.15) is 0 Å². The Morgan fingerprint density at radius 1 is 0.917 bits per heavy atom. The number of rotatable bonds is 7. The minimum atomic E-state index is 0.266. The Morgan fingerprint density at radius 2 is 1.67 bits per heavy atom. The number of ether oxygens (including phenoxy) is 2. The molecule has 0 fully saturated rings. The molecule has 0 N–H and O–H groups in total. The maximum Gasteiger partial charge on any atom is 0.205 e. The SMILES string of the molecule is Clc1ccc2c(nc(Cl)n2COCCOCc2ccccc2)c1Cl. The summed E-state index contributed by atoms with van der Waals surface area (Å²) in [6.45, 7) is 1.77. The molecule has 0 aliphatic rings. The first kappa shape index (κ1) is 17.5. The standard InChI is InChI=1S/C17H15Cl3N2O2/c18-13-6-7-14-16(15(13)19)21-17(20)22(14)11-24-9-8-23-10-12-4-2-1-3-5-12/h1-7H,8-11H2. The van der Waals surface area contributed by atoms with Crippen molar-refractivity contribution in [1.82, 2.24) is 9.55 Å². The van der Waals surface area contributed by atoms with Crippen LogP contribution in [0.1, 0.15) is 5.56 Å². The number of imidazole rings is 1. The van der Waals surface area contributed by atoms with Gasteiger partial charge in [-0.25, -0.2) is 4.98 Å². The number of halogens is 3. The van der Waals surface area contributed by atoms with Crippen LogP contribution in [-0.2, 0) is 22.8 Å². The van der Waals surface area contributed by atoms with E-state index < -0.39 is 0 Å². The van der Waals surface area contributed by atoms with Crippen LogP contribution in [0.15, 0.2) is 42.5 Å². The quantitative estimate of drug-likeness (QED) is 0.525. The first-order chi connectivity index (χ1) is 11.7. The summed E-state index contributed by atoms with van der Waals surface area (Å²) in [7, 11) is 0. The van der Waals surface area contributed by atoms with Crippen molar-refractivity contribution in [3.05, 3.63) is 63.4 Å². The number of nitrogens with zero attached hydrogens (tertiary/aromatic N) is 2. The molecular formula is C17H15Cl3N2O2. The van der Waals surface area contributed by atoms with Gasteiger partial charge in [0, 0.05) is 0 Å². The fraction of sp³-hybridized carbons (Fsp3) is 0.235. The molecule has 4 nitrogen and oxygen atoms in total. The topological polar surface area (TPSA) is 36.3 Å². The lowest BCUT2D eigenvalue weighted by Crippen LogP contribution is -2.08. The molecule has 0 radical (unpaired) electrons. The highest BCUT2D eigenvalue weighted by molar-refractivity contribution is 6.45. The summed E-state index contributed by atoms with van der Waals surface area (Å²) in [6, 6.07) is 13.5. The molecule has 1 heterocycles. The van der Waals surface area contributed by atoms with Crippen molar-refractivity contribution >= 4 is 45.8 Å². The minimum Gasteiger partial charge on any atom is -0.374 e. The van der Waals surface area contributed by atoms with Crippen molar-refractivity contribution < 1.29 is 9.47 Å². The molecular weight excluding hydrogens is 371 g/mol. The molecule has 3 aromatic rings. The predicted molar refractivity (Wildman–Crippen MR) is 96.8 cm³/mol. The number of hydrogen-bond acceptors (Lipinski definition) is 3. The number of hydrogen-bond donors (Lipinski definition) is 0. The van der Waals surface area contributed by atoms with Gasteiger partial charge in [-0.15, -0.1) is 0 Å². The third kappa shape index (κ3) is 4.02.